The molecule has 0 radical (unpaired) electrons. The van der Waals surface area contributed by atoms with Gasteiger partial charge in [0.25, 0.3) is 17.7 Å². The second kappa shape index (κ2) is 7.88. The highest BCUT2D eigenvalue weighted by Gasteiger charge is 2.35. The monoisotopic (exact) mass is 386 g/mol. The molecule has 1 aliphatic heterocycles. The molecular weight excluding hydrogens is 366 g/mol. The predicted molar refractivity (Wildman–Crippen MR) is 99.0 cm³/mol. The fourth-order valence-electron chi connectivity index (χ4n) is 3.16. The number of amides is 3. The van der Waals surface area contributed by atoms with Gasteiger partial charge in [-0.05, 0) is 37.6 Å². The number of imide groups is 1. The zero-order valence-corrected chi connectivity index (χ0v) is 15.6. The van der Waals surface area contributed by atoms with Crippen LogP contribution in [0, 0.1) is 11.6 Å². The van der Waals surface area contributed by atoms with E-state index in [9.17, 15) is 23.2 Å². The van der Waals surface area contributed by atoms with Crippen molar-refractivity contribution < 1.29 is 23.2 Å². The Balaban J connectivity index is 1.79. The van der Waals surface area contributed by atoms with Crippen molar-refractivity contribution in [3.8, 4) is 0 Å². The summed E-state index contributed by atoms with van der Waals surface area (Å²) in [5.74, 6) is -2.75. The van der Waals surface area contributed by atoms with E-state index < -0.39 is 29.5 Å². The molecule has 3 rings (SSSR count). The molecule has 1 aliphatic rings. The van der Waals surface area contributed by atoms with Crippen molar-refractivity contribution in [3.05, 3.63) is 70.3 Å². The predicted octanol–water partition coefficient (Wildman–Crippen LogP) is 3.85. The maximum absolute atomic E-state index is 13.9. The Hall–Kier alpha value is -3.09. The van der Waals surface area contributed by atoms with Gasteiger partial charge in [0.1, 0.15) is 11.6 Å². The maximum Gasteiger partial charge on any atom is 0.261 e. The van der Waals surface area contributed by atoms with Gasteiger partial charge in [-0.3, -0.25) is 19.3 Å². The number of halogens is 2. The van der Waals surface area contributed by atoms with E-state index in [2.05, 4.69) is 5.32 Å². The second-order valence-electron chi connectivity index (χ2n) is 6.74. The fraction of sp³-hybridized carbons (Fsp3) is 0.286. The number of unbranched alkanes of at least 4 members (excludes halogenated alkanes) is 1. The van der Waals surface area contributed by atoms with E-state index in [1.54, 1.807) is 6.92 Å². The summed E-state index contributed by atoms with van der Waals surface area (Å²) in [5.41, 5.74) is 0.796. The average molecular weight is 386 g/mol. The number of carbonyl (C=O) groups is 3. The Kier molecular flexibility index (Phi) is 5.53. The highest BCUT2D eigenvalue weighted by molar-refractivity contribution is 6.22. The van der Waals surface area contributed by atoms with E-state index in [-0.39, 0.29) is 28.2 Å². The number of nitrogens with one attached hydrogen (secondary N) is 1. The van der Waals surface area contributed by atoms with Gasteiger partial charge >= 0.3 is 0 Å². The van der Waals surface area contributed by atoms with Crippen molar-refractivity contribution in [2.45, 2.75) is 32.7 Å². The molecule has 146 valence electrons. The summed E-state index contributed by atoms with van der Waals surface area (Å²) in [7, 11) is 0. The lowest BCUT2D eigenvalue weighted by Crippen LogP contribution is -2.30. The van der Waals surface area contributed by atoms with E-state index in [1.807, 2.05) is 6.92 Å². The molecule has 2 aromatic carbocycles. The Morgan fingerprint density at radius 3 is 2.46 bits per heavy atom. The Bertz CT molecular complexity index is 959. The first kappa shape index (κ1) is 19.7. The summed E-state index contributed by atoms with van der Waals surface area (Å²) in [5, 5.41) is 2.62. The van der Waals surface area contributed by atoms with Crippen molar-refractivity contribution in [3.63, 3.8) is 0 Å². The largest absolute Gasteiger partial charge is 0.345 e. The molecule has 0 aliphatic carbocycles. The molecule has 0 spiro atoms. The van der Waals surface area contributed by atoms with E-state index in [4.69, 9.17) is 0 Å². The van der Waals surface area contributed by atoms with E-state index >= 15 is 0 Å². The number of rotatable bonds is 6. The summed E-state index contributed by atoms with van der Waals surface area (Å²) in [6, 6.07) is 6.72. The van der Waals surface area contributed by atoms with Crippen molar-refractivity contribution in [1.29, 1.82) is 0 Å². The van der Waals surface area contributed by atoms with Crippen LogP contribution in [-0.2, 0) is 0 Å². The molecule has 1 atom stereocenters. The first-order valence-corrected chi connectivity index (χ1v) is 9.09. The zero-order valence-electron chi connectivity index (χ0n) is 15.6. The molecule has 0 bridgehead atoms. The van der Waals surface area contributed by atoms with E-state index in [1.165, 1.54) is 29.2 Å². The van der Waals surface area contributed by atoms with Crippen molar-refractivity contribution in [2.24, 2.45) is 0 Å². The van der Waals surface area contributed by atoms with Gasteiger partial charge in [0, 0.05) is 23.7 Å². The van der Waals surface area contributed by atoms with Crippen LogP contribution in [0.15, 0.2) is 36.4 Å². The number of fused-ring (bicyclic) bond motifs is 1. The van der Waals surface area contributed by atoms with Crippen molar-refractivity contribution >= 4 is 17.7 Å². The third kappa shape index (κ3) is 3.65. The van der Waals surface area contributed by atoms with Gasteiger partial charge in [-0.15, -0.1) is 0 Å². The van der Waals surface area contributed by atoms with Crippen LogP contribution in [0.2, 0.25) is 0 Å². The highest BCUT2D eigenvalue weighted by atomic mass is 19.1. The van der Waals surface area contributed by atoms with E-state index in [0.29, 0.717) is 13.0 Å². The first-order chi connectivity index (χ1) is 13.3. The maximum atomic E-state index is 13.9. The van der Waals surface area contributed by atoms with Crippen LogP contribution in [0.5, 0.6) is 0 Å². The zero-order chi connectivity index (χ0) is 20.4. The number of hydrogen-bond acceptors (Lipinski definition) is 3. The molecular formula is C21H20F2N2O3. The molecule has 0 saturated carbocycles. The summed E-state index contributed by atoms with van der Waals surface area (Å²) in [4.78, 5) is 38.6. The van der Waals surface area contributed by atoms with E-state index in [0.717, 1.165) is 18.6 Å². The van der Waals surface area contributed by atoms with Crippen LogP contribution in [0.4, 0.5) is 8.78 Å². The molecule has 7 heteroatoms. The number of nitrogens with zero attached hydrogens (tertiary/aromatic N) is 1. The van der Waals surface area contributed by atoms with Gasteiger partial charge in [0.15, 0.2) is 0 Å². The van der Waals surface area contributed by atoms with Gasteiger partial charge in [0.05, 0.1) is 17.2 Å². The minimum absolute atomic E-state index is 0.146. The molecule has 0 fully saturated rings. The topological polar surface area (TPSA) is 66.5 Å². The molecule has 0 saturated heterocycles. The Morgan fingerprint density at radius 2 is 1.79 bits per heavy atom. The minimum Gasteiger partial charge on any atom is -0.345 e. The Labute approximate surface area is 161 Å². The lowest BCUT2D eigenvalue weighted by Gasteiger charge is -2.15. The molecule has 2 aromatic rings. The van der Waals surface area contributed by atoms with Crippen LogP contribution in [0.3, 0.4) is 0 Å². The SMILES string of the molecule is CCCCN1C(=O)c2ccc(C(=O)NC(C)c3ccc(F)cc3F)cc2C1=O. The lowest BCUT2D eigenvalue weighted by atomic mass is 10.0. The smallest absolute Gasteiger partial charge is 0.261 e. The third-order valence-electron chi connectivity index (χ3n) is 4.74. The Morgan fingerprint density at radius 1 is 1.07 bits per heavy atom. The molecule has 1 N–H and O–H groups in total. The summed E-state index contributed by atoms with van der Waals surface area (Å²) >= 11 is 0. The third-order valence-corrected chi connectivity index (χ3v) is 4.74. The summed E-state index contributed by atoms with van der Waals surface area (Å²) < 4.78 is 26.9. The van der Waals surface area contributed by atoms with Gasteiger partial charge in [0.2, 0.25) is 0 Å². The van der Waals surface area contributed by atoms with Crippen LogP contribution in [0.1, 0.15) is 69.4 Å². The number of carbonyl (C=O) groups excluding carboxylic acids is 3. The van der Waals surface area contributed by atoms with Gasteiger partial charge in [-0.1, -0.05) is 19.4 Å². The summed E-state index contributed by atoms with van der Waals surface area (Å²) in [6.07, 6.45) is 1.55. The van der Waals surface area contributed by atoms with Crippen molar-refractivity contribution in [1.82, 2.24) is 10.2 Å². The molecule has 0 aromatic heterocycles. The summed E-state index contributed by atoms with van der Waals surface area (Å²) in [6.45, 7) is 3.87. The lowest BCUT2D eigenvalue weighted by molar-refractivity contribution is 0.0652. The standard InChI is InChI=1S/C21H20F2N2O3/c1-3-4-9-25-20(27)16-7-5-13(10-17(16)21(25)28)19(26)24-12(2)15-8-6-14(22)11-18(15)23/h5-8,10-12H,3-4,9H2,1-2H3,(H,24,26). The molecule has 28 heavy (non-hydrogen) atoms. The molecule has 5 nitrogen and oxygen atoms in total. The minimum atomic E-state index is -0.755. The van der Waals surface area contributed by atoms with Crippen molar-refractivity contribution in [2.75, 3.05) is 6.54 Å². The second-order valence-corrected chi connectivity index (χ2v) is 6.74. The molecule has 3 amide bonds. The van der Waals surface area contributed by atoms with Gasteiger partial charge < -0.3 is 5.32 Å². The quantitative estimate of drug-likeness (QED) is 0.767. The van der Waals surface area contributed by atoms with Gasteiger partial charge in [-0.2, -0.15) is 0 Å². The van der Waals surface area contributed by atoms with Crippen LogP contribution in [-0.4, -0.2) is 29.2 Å². The molecule has 1 heterocycles. The van der Waals surface area contributed by atoms with Crippen LogP contribution >= 0.6 is 0 Å². The van der Waals surface area contributed by atoms with Crippen LogP contribution in [0.25, 0.3) is 0 Å². The van der Waals surface area contributed by atoms with Gasteiger partial charge in [-0.25, -0.2) is 8.78 Å². The normalized spacial score (nSPS) is 14.2. The average Bonchev–Trinajstić information content (AvgIpc) is 2.89. The highest BCUT2D eigenvalue weighted by Crippen LogP contribution is 2.25. The number of hydrogen-bond donors (Lipinski definition) is 1. The number of benzene rings is 2. The fourth-order valence-corrected chi connectivity index (χ4v) is 3.16. The van der Waals surface area contributed by atoms with Crippen LogP contribution < -0.4 is 5.32 Å². The molecule has 1 unspecified atom stereocenters. The first-order valence-electron chi connectivity index (χ1n) is 9.09.